The standard InChI is InChI=1S/C13H19ClN2O/c1-3-13(2)8-10(5-7-17-13)16-12-9-15-6-4-11(12)14/h4,6,9-10,16H,3,5,7-8H2,1-2H3. The van der Waals surface area contributed by atoms with E-state index < -0.39 is 0 Å². The summed E-state index contributed by atoms with van der Waals surface area (Å²) in [5.74, 6) is 0. The van der Waals surface area contributed by atoms with E-state index in [9.17, 15) is 0 Å². The van der Waals surface area contributed by atoms with Crippen molar-refractivity contribution >= 4 is 17.3 Å². The number of anilines is 1. The number of halogens is 1. The minimum Gasteiger partial charge on any atom is -0.380 e. The lowest BCUT2D eigenvalue weighted by Gasteiger charge is -2.38. The van der Waals surface area contributed by atoms with Crippen LogP contribution in [0.1, 0.15) is 33.1 Å². The Kier molecular flexibility index (Phi) is 3.89. The van der Waals surface area contributed by atoms with Crippen molar-refractivity contribution < 1.29 is 4.74 Å². The molecule has 1 saturated heterocycles. The summed E-state index contributed by atoms with van der Waals surface area (Å²) in [5, 5.41) is 4.19. The number of aromatic nitrogens is 1. The predicted octanol–water partition coefficient (Wildman–Crippen LogP) is 3.49. The summed E-state index contributed by atoms with van der Waals surface area (Å²) in [6, 6.07) is 2.22. The predicted molar refractivity (Wildman–Crippen MR) is 70.5 cm³/mol. The third-order valence-corrected chi connectivity index (χ3v) is 3.80. The number of rotatable bonds is 3. The van der Waals surface area contributed by atoms with Crippen LogP contribution in [0, 0.1) is 0 Å². The van der Waals surface area contributed by atoms with Gasteiger partial charge in [-0.1, -0.05) is 18.5 Å². The first kappa shape index (κ1) is 12.7. The van der Waals surface area contributed by atoms with Crippen LogP contribution in [0.25, 0.3) is 0 Å². The number of nitrogens with one attached hydrogen (secondary N) is 1. The van der Waals surface area contributed by atoms with Gasteiger partial charge in [-0.15, -0.1) is 0 Å². The van der Waals surface area contributed by atoms with E-state index in [1.807, 2.05) is 6.07 Å². The zero-order valence-corrected chi connectivity index (χ0v) is 11.1. The zero-order chi connectivity index (χ0) is 12.3. The second-order valence-corrected chi connectivity index (χ2v) is 5.25. The zero-order valence-electron chi connectivity index (χ0n) is 10.4. The summed E-state index contributed by atoms with van der Waals surface area (Å²) in [5.41, 5.74) is 0.907. The highest BCUT2D eigenvalue weighted by molar-refractivity contribution is 6.33. The van der Waals surface area contributed by atoms with Crippen molar-refractivity contribution in [2.75, 3.05) is 11.9 Å². The number of ether oxygens (including phenoxy) is 1. The average Bonchev–Trinajstić information content (AvgIpc) is 2.32. The van der Waals surface area contributed by atoms with Gasteiger partial charge in [0.25, 0.3) is 0 Å². The van der Waals surface area contributed by atoms with Gasteiger partial charge in [0, 0.05) is 18.8 Å². The second kappa shape index (κ2) is 5.23. The van der Waals surface area contributed by atoms with Gasteiger partial charge in [-0.05, 0) is 32.3 Å². The molecule has 2 heterocycles. The Balaban J connectivity index is 2.02. The van der Waals surface area contributed by atoms with Crippen LogP contribution in [0.3, 0.4) is 0 Å². The normalized spacial score (nSPS) is 29.0. The maximum Gasteiger partial charge on any atom is 0.0718 e. The van der Waals surface area contributed by atoms with Gasteiger partial charge in [-0.25, -0.2) is 0 Å². The van der Waals surface area contributed by atoms with E-state index in [0.717, 1.165) is 36.6 Å². The number of hydrogen-bond donors (Lipinski definition) is 1. The van der Waals surface area contributed by atoms with Crippen molar-refractivity contribution in [2.24, 2.45) is 0 Å². The first-order valence-corrected chi connectivity index (χ1v) is 6.51. The Morgan fingerprint density at radius 3 is 3.18 bits per heavy atom. The van der Waals surface area contributed by atoms with Crippen molar-refractivity contribution in [2.45, 2.75) is 44.8 Å². The van der Waals surface area contributed by atoms with Crippen LogP contribution in [0.4, 0.5) is 5.69 Å². The molecule has 2 unspecified atom stereocenters. The van der Waals surface area contributed by atoms with E-state index in [0.29, 0.717) is 6.04 Å². The maximum absolute atomic E-state index is 6.11. The van der Waals surface area contributed by atoms with Crippen LogP contribution in [0.15, 0.2) is 18.5 Å². The van der Waals surface area contributed by atoms with Gasteiger partial charge in [0.15, 0.2) is 0 Å². The lowest BCUT2D eigenvalue weighted by Crippen LogP contribution is -2.41. The third kappa shape index (κ3) is 3.11. The van der Waals surface area contributed by atoms with Gasteiger partial charge < -0.3 is 10.1 Å². The van der Waals surface area contributed by atoms with Gasteiger partial charge in [0.1, 0.15) is 0 Å². The fourth-order valence-corrected chi connectivity index (χ4v) is 2.36. The SMILES string of the molecule is CCC1(C)CC(Nc2cnccc2Cl)CCO1. The van der Waals surface area contributed by atoms with E-state index in [-0.39, 0.29) is 5.60 Å². The highest BCUT2D eigenvalue weighted by Gasteiger charge is 2.31. The molecule has 0 amide bonds. The van der Waals surface area contributed by atoms with E-state index in [1.165, 1.54) is 0 Å². The third-order valence-electron chi connectivity index (χ3n) is 3.47. The molecule has 1 aliphatic rings. The summed E-state index contributed by atoms with van der Waals surface area (Å²) in [7, 11) is 0. The molecule has 2 rings (SSSR count). The molecule has 3 nitrogen and oxygen atoms in total. The Morgan fingerprint density at radius 1 is 1.65 bits per heavy atom. The summed E-state index contributed by atoms with van der Waals surface area (Å²) < 4.78 is 5.82. The van der Waals surface area contributed by atoms with E-state index >= 15 is 0 Å². The van der Waals surface area contributed by atoms with Crippen LogP contribution in [-0.2, 0) is 4.74 Å². The van der Waals surface area contributed by atoms with Crippen molar-refractivity contribution in [1.82, 2.24) is 4.98 Å². The summed E-state index contributed by atoms with van der Waals surface area (Å²) >= 11 is 6.11. The van der Waals surface area contributed by atoms with E-state index in [4.69, 9.17) is 16.3 Å². The van der Waals surface area contributed by atoms with Gasteiger partial charge in [0.2, 0.25) is 0 Å². The van der Waals surface area contributed by atoms with Crippen LogP contribution >= 0.6 is 11.6 Å². The smallest absolute Gasteiger partial charge is 0.0718 e. The molecule has 94 valence electrons. The first-order chi connectivity index (χ1) is 8.13. The molecular weight excluding hydrogens is 236 g/mol. The van der Waals surface area contributed by atoms with Crippen molar-refractivity contribution in [3.8, 4) is 0 Å². The lowest BCUT2D eigenvalue weighted by molar-refractivity contribution is -0.0708. The van der Waals surface area contributed by atoms with Crippen LogP contribution in [0.5, 0.6) is 0 Å². The minimum atomic E-state index is -0.00932. The Bertz CT molecular complexity index is 385. The molecule has 0 aromatic carbocycles. The molecule has 1 aromatic heterocycles. The van der Waals surface area contributed by atoms with Gasteiger partial charge in [-0.3, -0.25) is 4.98 Å². The van der Waals surface area contributed by atoms with Crippen molar-refractivity contribution in [3.05, 3.63) is 23.5 Å². The molecule has 1 N–H and O–H groups in total. The molecule has 17 heavy (non-hydrogen) atoms. The molecule has 0 bridgehead atoms. The van der Waals surface area contributed by atoms with Crippen LogP contribution in [0.2, 0.25) is 5.02 Å². The molecule has 1 fully saturated rings. The van der Waals surface area contributed by atoms with Gasteiger partial charge in [0.05, 0.1) is 22.5 Å². The topological polar surface area (TPSA) is 34.2 Å². The van der Waals surface area contributed by atoms with Crippen molar-refractivity contribution in [1.29, 1.82) is 0 Å². The van der Waals surface area contributed by atoms with Crippen LogP contribution in [-0.4, -0.2) is 23.2 Å². The molecule has 0 spiro atoms. The number of pyridine rings is 1. The summed E-state index contributed by atoms with van der Waals surface area (Å²) in [6.45, 7) is 5.14. The molecule has 1 aromatic rings. The summed E-state index contributed by atoms with van der Waals surface area (Å²) in [4.78, 5) is 4.09. The van der Waals surface area contributed by atoms with E-state index in [1.54, 1.807) is 12.4 Å². The first-order valence-electron chi connectivity index (χ1n) is 6.13. The number of hydrogen-bond acceptors (Lipinski definition) is 3. The molecule has 1 aliphatic heterocycles. The fraction of sp³-hybridized carbons (Fsp3) is 0.615. The van der Waals surface area contributed by atoms with E-state index in [2.05, 4.69) is 24.1 Å². The minimum absolute atomic E-state index is 0.00932. The second-order valence-electron chi connectivity index (χ2n) is 4.84. The Hall–Kier alpha value is -0.800. The largest absolute Gasteiger partial charge is 0.380 e. The maximum atomic E-state index is 6.11. The summed E-state index contributed by atoms with van der Waals surface area (Å²) in [6.07, 6.45) is 6.54. The Labute approximate surface area is 108 Å². The Morgan fingerprint density at radius 2 is 2.47 bits per heavy atom. The van der Waals surface area contributed by atoms with Crippen molar-refractivity contribution in [3.63, 3.8) is 0 Å². The molecule has 0 radical (unpaired) electrons. The fourth-order valence-electron chi connectivity index (χ4n) is 2.20. The molecule has 4 heteroatoms. The molecule has 0 saturated carbocycles. The highest BCUT2D eigenvalue weighted by atomic mass is 35.5. The quantitative estimate of drug-likeness (QED) is 0.897. The average molecular weight is 255 g/mol. The molecule has 2 atom stereocenters. The van der Waals surface area contributed by atoms with Crippen LogP contribution < -0.4 is 5.32 Å². The number of nitrogens with zero attached hydrogens (tertiary/aromatic N) is 1. The molecule has 0 aliphatic carbocycles. The monoisotopic (exact) mass is 254 g/mol. The van der Waals surface area contributed by atoms with Gasteiger partial charge in [-0.2, -0.15) is 0 Å². The van der Waals surface area contributed by atoms with Gasteiger partial charge >= 0.3 is 0 Å². The highest BCUT2D eigenvalue weighted by Crippen LogP contribution is 2.30. The lowest BCUT2D eigenvalue weighted by atomic mass is 9.90. The molecular formula is C13H19ClN2O.